The summed E-state index contributed by atoms with van der Waals surface area (Å²) in [4.78, 5) is 8.17. The second kappa shape index (κ2) is 2.96. The topological polar surface area (TPSA) is 46.0 Å². The Kier molecular flexibility index (Phi) is 2.19. The fourth-order valence-electron chi connectivity index (χ4n) is 0.960. The largest absolute Gasteiger partial charge is 0.387 e. The molecule has 0 spiro atoms. The highest BCUT2D eigenvalue weighted by Crippen LogP contribution is 2.09. The molecule has 1 aromatic heterocycles. The van der Waals surface area contributed by atoms with Gasteiger partial charge in [-0.25, -0.2) is 9.97 Å². The van der Waals surface area contributed by atoms with E-state index in [4.69, 9.17) is 0 Å². The standard InChI is InChI=1S/C8H12N2O/c1-5-4-8(6(2)11)10-7(3)9-5/h4,6,11H,1-3H3. The van der Waals surface area contributed by atoms with Crippen LogP contribution in [0.3, 0.4) is 0 Å². The van der Waals surface area contributed by atoms with Crippen LogP contribution in [0.25, 0.3) is 0 Å². The molecule has 1 aromatic rings. The fourth-order valence-corrected chi connectivity index (χ4v) is 0.960. The number of hydrogen-bond donors (Lipinski definition) is 1. The highest BCUT2D eigenvalue weighted by molar-refractivity contribution is 5.11. The Balaban J connectivity index is 3.08. The fraction of sp³-hybridized carbons (Fsp3) is 0.500. The number of aryl methyl sites for hydroxylation is 2. The molecule has 0 amide bonds. The molecule has 11 heavy (non-hydrogen) atoms. The molecular formula is C8H12N2O. The molecule has 0 aliphatic heterocycles. The van der Waals surface area contributed by atoms with E-state index in [2.05, 4.69) is 9.97 Å². The van der Waals surface area contributed by atoms with Gasteiger partial charge in [0.15, 0.2) is 0 Å². The predicted molar refractivity (Wildman–Crippen MR) is 42.1 cm³/mol. The monoisotopic (exact) mass is 152 g/mol. The van der Waals surface area contributed by atoms with Crippen molar-refractivity contribution in [3.8, 4) is 0 Å². The summed E-state index contributed by atoms with van der Waals surface area (Å²) in [5, 5.41) is 9.18. The Hall–Kier alpha value is -0.960. The highest BCUT2D eigenvalue weighted by atomic mass is 16.3. The van der Waals surface area contributed by atoms with Crippen molar-refractivity contribution < 1.29 is 5.11 Å². The molecule has 0 aromatic carbocycles. The number of aromatic nitrogens is 2. The molecule has 1 rings (SSSR count). The van der Waals surface area contributed by atoms with Gasteiger partial charge in [-0.1, -0.05) is 0 Å². The van der Waals surface area contributed by atoms with Crippen molar-refractivity contribution in [1.82, 2.24) is 9.97 Å². The van der Waals surface area contributed by atoms with E-state index in [-0.39, 0.29) is 0 Å². The van der Waals surface area contributed by atoms with Gasteiger partial charge in [0.25, 0.3) is 0 Å². The number of aliphatic hydroxyl groups is 1. The van der Waals surface area contributed by atoms with Crippen molar-refractivity contribution in [3.05, 3.63) is 23.3 Å². The van der Waals surface area contributed by atoms with Gasteiger partial charge in [-0.05, 0) is 26.8 Å². The van der Waals surface area contributed by atoms with Crippen LogP contribution in [-0.2, 0) is 0 Å². The van der Waals surface area contributed by atoms with Crippen molar-refractivity contribution in [2.24, 2.45) is 0 Å². The second-order valence-electron chi connectivity index (χ2n) is 2.66. The van der Waals surface area contributed by atoms with E-state index < -0.39 is 6.10 Å². The van der Waals surface area contributed by atoms with Crippen LogP contribution in [0.2, 0.25) is 0 Å². The van der Waals surface area contributed by atoms with Gasteiger partial charge in [-0.3, -0.25) is 0 Å². The normalized spacial score (nSPS) is 13.1. The minimum atomic E-state index is -0.504. The highest BCUT2D eigenvalue weighted by Gasteiger charge is 2.03. The maximum absolute atomic E-state index is 9.18. The van der Waals surface area contributed by atoms with E-state index in [9.17, 15) is 5.11 Å². The number of aliphatic hydroxyl groups excluding tert-OH is 1. The molecule has 60 valence electrons. The van der Waals surface area contributed by atoms with Gasteiger partial charge in [0.2, 0.25) is 0 Å². The summed E-state index contributed by atoms with van der Waals surface area (Å²) in [5.41, 5.74) is 1.59. The van der Waals surface area contributed by atoms with Crippen LogP contribution in [0, 0.1) is 13.8 Å². The lowest BCUT2D eigenvalue weighted by Crippen LogP contribution is -2.00. The molecule has 0 bridgehead atoms. The summed E-state index contributed by atoms with van der Waals surface area (Å²) in [6.07, 6.45) is -0.504. The second-order valence-corrected chi connectivity index (χ2v) is 2.66. The molecule has 0 fully saturated rings. The van der Waals surface area contributed by atoms with Crippen molar-refractivity contribution in [2.75, 3.05) is 0 Å². The Morgan fingerprint density at radius 2 is 2.00 bits per heavy atom. The zero-order valence-electron chi connectivity index (χ0n) is 7.00. The number of hydrogen-bond acceptors (Lipinski definition) is 3. The van der Waals surface area contributed by atoms with E-state index in [1.54, 1.807) is 13.0 Å². The number of rotatable bonds is 1. The first-order chi connectivity index (χ1) is 5.09. The molecule has 0 aliphatic carbocycles. The Morgan fingerprint density at radius 3 is 2.45 bits per heavy atom. The van der Waals surface area contributed by atoms with Crippen molar-refractivity contribution in [3.63, 3.8) is 0 Å². The van der Waals surface area contributed by atoms with E-state index in [0.29, 0.717) is 11.5 Å². The van der Waals surface area contributed by atoms with Crippen LogP contribution in [0.5, 0.6) is 0 Å². The molecule has 1 heterocycles. The molecule has 0 aliphatic rings. The van der Waals surface area contributed by atoms with Crippen LogP contribution >= 0.6 is 0 Å². The molecule has 0 saturated heterocycles. The van der Waals surface area contributed by atoms with Gasteiger partial charge in [0, 0.05) is 5.69 Å². The van der Waals surface area contributed by atoms with Crippen molar-refractivity contribution in [1.29, 1.82) is 0 Å². The average Bonchev–Trinajstić information content (AvgIpc) is 1.85. The first-order valence-corrected chi connectivity index (χ1v) is 3.60. The maximum Gasteiger partial charge on any atom is 0.125 e. The van der Waals surface area contributed by atoms with Crippen LogP contribution in [-0.4, -0.2) is 15.1 Å². The third kappa shape index (κ3) is 1.98. The first kappa shape index (κ1) is 8.14. The van der Waals surface area contributed by atoms with Gasteiger partial charge in [0.05, 0.1) is 11.8 Å². The van der Waals surface area contributed by atoms with Gasteiger partial charge in [-0.15, -0.1) is 0 Å². The molecule has 1 N–H and O–H groups in total. The van der Waals surface area contributed by atoms with E-state index in [1.165, 1.54) is 0 Å². The van der Waals surface area contributed by atoms with Crippen LogP contribution in [0.15, 0.2) is 6.07 Å². The van der Waals surface area contributed by atoms with Crippen LogP contribution < -0.4 is 0 Å². The quantitative estimate of drug-likeness (QED) is 0.656. The summed E-state index contributed by atoms with van der Waals surface area (Å²) in [6.45, 7) is 5.40. The van der Waals surface area contributed by atoms with Crippen molar-refractivity contribution in [2.45, 2.75) is 26.9 Å². The molecule has 3 heteroatoms. The van der Waals surface area contributed by atoms with Crippen LogP contribution in [0.4, 0.5) is 0 Å². The van der Waals surface area contributed by atoms with Gasteiger partial charge in [-0.2, -0.15) is 0 Å². The number of nitrogens with zero attached hydrogens (tertiary/aromatic N) is 2. The van der Waals surface area contributed by atoms with E-state index in [1.807, 2.05) is 13.8 Å². The zero-order chi connectivity index (χ0) is 8.43. The Labute approximate surface area is 66.1 Å². The summed E-state index contributed by atoms with van der Waals surface area (Å²) in [7, 11) is 0. The smallest absolute Gasteiger partial charge is 0.125 e. The van der Waals surface area contributed by atoms with Gasteiger partial charge >= 0.3 is 0 Å². The van der Waals surface area contributed by atoms with Gasteiger partial charge < -0.3 is 5.11 Å². The summed E-state index contributed by atoms with van der Waals surface area (Å²) >= 11 is 0. The van der Waals surface area contributed by atoms with E-state index >= 15 is 0 Å². The molecule has 3 nitrogen and oxygen atoms in total. The average molecular weight is 152 g/mol. The first-order valence-electron chi connectivity index (χ1n) is 3.60. The molecule has 1 unspecified atom stereocenters. The summed E-state index contributed by atoms with van der Waals surface area (Å²) in [6, 6.07) is 1.79. The van der Waals surface area contributed by atoms with E-state index in [0.717, 1.165) is 5.69 Å². The summed E-state index contributed by atoms with van der Waals surface area (Å²) < 4.78 is 0. The van der Waals surface area contributed by atoms with Crippen molar-refractivity contribution >= 4 is 0 Å². The van der Waals surface area contributed by atoms with Gasteiger partial charge in [0.1, 0.15) is 5.82 Å². The SMILES string of the molecule is Cc1cc(C(C)O)nc(C)n1. The lowest BCUT2D eigenvalue weighted by molar-refractivity contribution is 0.193. The lowest BCUT2D eigenvalue weighted by Gasteiger charge is -2.04. The third-order valence-corrected chi connectivity index (χ3v) is 1.41. The maximum atomic E-state index is 9.18. The summed E-state index contributed by atoms with van der Waals surface area (Å²) in [5.74, 6) is 0.709. The Bertz CT molecular complexity index is 238. The third-order valence-electron chi connectivity index (χ3n) is 1.41. The molecule has 0 saturated carbocycles. The Morgan fingerprint density at radius 1 is 1.36 bits per heavy atom. The molecule has 0 radical (unpaired) electrons. The molecular weight excluding hydrogens is 140 g/mol. The minimum Gasteiger partial charge on any atom is -0.387 e. The minimum absolute atomic E-state index is 0.504. The van der Waals surface area contributed by atoms with Crippen LogP contribution in [0.1, 0.15) is 30.2 Å². The lowest BCUT2D eigenvalue weighted by atomic mass is 10.2. The molecule has 1 atom stereocenters. The predicted octanol–water partition coefficient (Wildman–Crippen LogP) is 1.15. The zero-order valence-corrected chi connectivity index (χ0v) is 7.00.